The van der Waals surface area contributed by atoms with E-state index in [1.807, 2.05) is 6.08 Å². The number of carbonyl (C=O) groups excluding carboxylic acids is 1. The smallest absolute Gasteiger partial charge is 0.286 e. The van der Waals surface area contributed by atoms with Gasteiger partial charge in [-0.05, 0) is 37.1 Å². The zero-order valence-corrected chi connectivity index (χ0v) is 14.2. The molecule has 1 N–H and O–H groups in total. The van der Waals surface area contributed by atoms with Gasteiger partial charge in [0.05, 0.1) is 11.1 Å². The maximum atomic E-state index is 12.2. The van der Waals surface area contributed by atoms with Crippen molar-refractivity contribution in [3.05, 3.63) is 22.4 Å². The first-order valence-electron chi connectivity index (χ1n) is 7.76. The molecule has 0 aromatic carbocycles. The number of thioether (sulfide) groups is 1. The summed E-state index contributed by atoms with van der Waals surface area (Å²) in [7, 11) is 0. The van der Waals surface area contributed by atoms with Crippen molar-refractivity contribution >= 4 is 28.9 Å². The predicted octanol–water partition coefficient (Wildman–Crippen LogP) is 3.16. The van der Waals surface area contributed by atoms with Crippen molar-refractivity contribution in [2.75, 3.05) is 13.1 Å². The minimum absolute atomic E-state index is 0.0359. The minimum atomic E-state index is -0.133. The fraction of sp³-hybridized carbons (Fsp3) is 0.562. The number of aromatic amines is 1. The molecule has 22 heavy (non-hydrogen) atoms. The number of likely N-dealkylation sites (tertiary alicyclic amines) is 1. The Hall–Kier alpha value is -1.56. The van der Waals surface area contributed by atoms with E-state index in [4.69, 9.17) is 0 Å². The summed E-state index contributed by atoms with van der Waals surface area (Å²) in [6.07, 6.45) is 7.33. The largest absolute Gasteiger partial charge is 0.351 e. The van der Waals surface area contributed by atoms with Gasteiger partial charge in [-0.2, -0.15) is 10.1 Å². The summed E-state index contributed by atoms with van der Waals surface area (Å²) >= 11 is 1.49. The predicted molar refractivity (Wildman–Crippen MR) is 90.7 cm³/mol. The fourth-order valence-corrected chi connectivity index (χ4v) is 3.72. The van der Waals surface area contributed by atoms with E-state index < -0.39 is 0 Å². The second-order valence-corrected chi connectivity index (χ2v) is 7.82. The van der Waals surface area contributed by atoms with Crippen molar-refractivity contribution < 1.29 is 4.79 Å². The Bertz CT molecular complexity index is 633. The van der Waals surface area contributed by atoms with Crippen LogP contribution in [0.4, 0.5) is 0 Å². The van der Waals surface area contributed by atoms with Crippen LogP contribution in [0.2, 0.25) is 0 Å². The molecule has 0 unspecified atom stereocenters. The lowest BCUT2D eigenvalue weighted by Crippen LogP contribution is -2.33. The number of nitrogens with one attached hydrogen (secondary N) is 1. The monoisotopic (exact) mass is 318 g/mol. The molecule has 0 aliphatic carbocycles. The Labute approximate surface area is 135 Å². The number of amides is 1. The lowest BCUT2D eigenvalue weighted by Gasteiger charge is -2.27. The van der Waals surface area contributed by atoms with Gasteiger partial charge < -0.3 is 4.90 Å². The molecule has 0 saturated carbocycles. The third-order valence-electron chi connectivity index (χ3n) is 3.94. The molecule has 6 heteroatoms. The molecule has 1 saturated heterocycles. The van der Waals surface area contributed by atoms with Gasteiger partial charge in [-0.25, -0.2) is 0 Å². The molecule has 1 aromatic heterocycles. The molecule has 3 rings (SSSR count). The first kappa shape index (κ1) is 15.3. The zero-order valence-electron chi connectivity index (χ0n) is 13.3. The van der Waals surface area contributed by atoms with Crippen LogP contribution in [0.1, 0.15) is 51.3 Å². The summed E-state index contributed by atoms with van der Waals surface area (Å²) < 4.78 is 0. The van der Waals surface area contributed by atoms with Gasteiger partial charge in [-0.3, -0.25) is 9.89 Å². The number of nitrogens with zero attached hydrogens (tertiary/aromatic N) is 3. The highest BCUT2D eigenvalue weighted by atomic mass is 32.2. The Morgan fingerprint density at radius 2 is 2.00 bits per heavy atom. The van der Waals surface area contributed by atoms with Crippen LogP contribution in [0.5, 0.6) is 0 Å². The highest BCUT2D eigenvalue weighted by Crippen LogP contribution is 2.33. The van der Waals surface area contributed by atoms with E-state index >= 15 is 0 Å². The van der Waals surface area contributed by atoms with Gasteiger partial charge in [0.15, 0.2) is 5.17 Å². The van der Waals surface area contributed by atoms with Gasteiger partial charge in [0.25, 0.3) is 5.91 Å². The molecule has 0 radical (unpaired) electrons. The van der Waals surface area contributed by atoms with Crippen molar-refractivity contribution in [2.24, 2.45) is 4.99 Å². The molecule has 2 aliphatic heterocycles. The summed E-state index contributed by atoms with van der Waals surface area (Å²) in [5.74, 6) is -0.133. The van der Waals surface area contributed by atoms with Gasteiger partial charge >= 0.3 is 0 Å². The lowest BCUT2D eigenvalue weighted by molar-refractivity contribution is -0.113. The molecular formula is C16H22N4OS. The summed E-state index contributed by atoms with van der Waals surface area (Å²) in [6, 6.07) is 0. The van der Waals surface area contributed by atoms with Crippen LogP contribution in [-0.4, -0.2) is 39.3 Å². The molecule has 1 amide bonds. The quantitative estimate of drug-likeness (QED) is 0.808. The number of piperidine rings is 1. The van der Waals surface area contributed by atoms with E-state index in [0.29, 0.717) is 4.91 Å². The van der Waals surface area contributed by atoms with E-state index in [1.54, 1.807) is 6.20 Å². The second-order valence-electron chi connectivity index (χ2n) is 6.81. The van der Waals surface area contributed by atoms with Crippen molar-refractivity contribution in [1.29, 1.82) is 0 Å². The van der Waals surface area contributed by atoms with Crippen LogP contribution in [0.25, 0.3) is 6.08 Å². The van der Waals surface area contributed by atoms with E-state index in [0.717, 1.165) is 29.5 Å². The van der Waals surface area contributed by atoms with Crippen molar-refractivity contribution in [3.8, 4) is 0 Å². The van der Waals surface area contributed by atoms with Crippen LogP contribution < -0.4 is 0 Å². The number of carbonyl (C=O) groups is 1. The van der Waals surface area contributed by atoms with Crippen LogP contribution >= 0.6 is 11.8 Å². The van der Waals surface area contributed by atoms with E-state index in [2.05, 4.69) is 40.9 Å². The first-order chi connectivity index (χ1) is 10.4. The SMILES string of the molecule is CC(C)(C)c1[nH]ncc1C=C1SC(N2CCCCC2)=NC1=O. The van der Waals surface area contributed by atoms with Gasteiger partial charge in [0, 0.05) is 29.8 Å². The van der Waals surface area contributed by atoms with Gasteiger partial charge in [-0.1, -0.05) is 20.8 Å². The van der Waals surface area contributed by atoms with Gasteiger partial charge in [0.2, 0.25) is 0 Å². The Morgan fingerprint density at radius 3 is 2.68 bits per heavy atom. The normalized spacial score (nSPS) is 21.6. The van der Waals surface area contributed by atoms with E-state index in [1.165, 1.54) is 31.0 Å². The standard InChI is InChI=1S/C16H22N4OS/c1-16(2,3)13-11(10-17-19-13)9-12-14(21)18-15(22-12)20-7-5-4-6-8-20/h9-10H,4-8H2,1-3H3,(H,17,19). The molecule has 2 aliphatic rings. The number of aliphatic imine (C=N–C) groups is 1. The van der Waals surface area contributed by atoms with Crippen LogP contribution in [0.15, 0.2) is 16.1 Å². The van der Waals surface area contributed by atoms with Crippen molar-refractivity contribution in [3.63, 3.8) is 0 Å². The number of amidine groups is 1. The van der Waals surface area contributed by atoms with Crippen LogP contribution in [-0.2, 0) is 10.2 Å². The number of aromatic nitrogens is 2. The number of rotatable bonds is 1. The molecule has 118 valence electrons. The average Bonchev–Trinajstić information content (AvgIpc) is 3.08. The lowest BCUT2D eigenvalue weighted by atomic mass is 9.89. The zero-order chi connectivity index (χ0) is 15.7. The minimum Gasteiger partial charge on any atom is -0.351 e. The molecule has 0 bridgehead atoms. The summed E-state index contributed by atoms with van der Waals surface area (Å²) in [5.41, 5.74) is 1.98. The topological polar surface area (TPSA) is 61.4 Å². The number of hydrogen-bond donors (Lipinski definition) is 1. The van der Waals surface area contributed by atoms with E-state index in [-0.39, 0.29) is 11.3 Å². The van der Waals surface area contributed by atoms with Crippen molar-refractivity contribution in [1.82, 2.24) is 15.1 Å². The molecule has 0 atom stereocenters. The Morgan fingerprint density at radius 1 is 1.27 bits per heavy atom. The highest BCUT2D eigenvalue weighted by molar-refractivity contribution is 8.18. The Kier molecular flexibility index (Phi) is 4.12. The molecule has 0 spiro atoms. The summed E-state index contributed by atoms with van der Waals surface area (Å²) in [5, 5.41) is 8.03. The first-order valence-corrected chi connectivity index (χ1v) is 8.58. The average molecular weight is 318 g/mol. The number of hydrogen-bond acceptors (Lipinski definition) is 4. The molecule has 3 heterocycles. The van der Waals surface area contributed by atoms with E-state index in [9.17, 15) is 4.79 Å². The molecule has 5 nitrogen and oxygen atoms in total. The molecule has 1 aromatic rings. The molecule has 1 fully saturated rings. The van der Waals surface area contributed by atoms with Crippen LogP contribution in [0.3, 0.4) is 0 Å². The van der Waals surface area contributed by atoms with Gasteiger partial charge in [0.1, 0.15) is 0 Å². The van der Waals surface area contributed by atoms with Crippen LogP contribution in [0, 0.1) is 0 Å². The second kappa shape index (κ2) is 5.91. The third-order valence-corrected chi connectivity index (χ3v) is 4.99. The molecular weight excluding hydrogens is 296 g/mol. The summed E-state index contributed by atoms with van der Waals surface area (Å²) in [4.78, 5) is 19.3. The Balaban J connectivity index is 1.80. The third kappa shape index (κ3) is 3.11. The summed E-state index contributed by atoms with van der Waals surface area (Å²) in [6.45, 7) is 8.39. The highest BCUT2D eigenvalue weighted by Gasteiger charge is 2.28. The number of H-pyrrole nitrogens is 1. The maximum Gasteiger partial charge on any atom is 0.286 e. The van der Waals surface area contributed by atoms with Crippen molar-refractivity contribution in [2.45, 2.75) is 45.4 Å². The fourth-order valence-electron chi connectivity index (χ4n) is 2.77. The maximum absolute atomic E-state index is 12.2. The van der Waals surface area contributed by atoms with Gasteiger partial charge in [-0.15, -0.1) is 0 Å².